The van der Waals surface area contributed by atoms with Crippen LogP contribution in [0.1, 0.15) is 12.5 Å². The van der Waals surface area contributed by atoms with Gasteiger partial charge in [0.2, 0.25) is 5.91 Å². The molecule has 2 rings (SSSR count). The first kappa shape index (κ1) is 14.5. The molecular weight excluding hydrogens is 258 g/mol. The lowest BCUT2D eigenvalue weighted by Gasteiger charge is -2.39. The van der Waals surface area contributed by atoms with Crippen molar-refractivity contribution in [2.75, 3.05) is 26.7 Å². The number of aromatic nitrogens is 1. The molecule has 1 aliphatic rings. The number of morpholine rings is 1. The van der Waals surface area contributed by atoms with Crippen LogP contribution in [-0.4, -0.2) is 54.0 Å². The first-order chi connectivity index (χ1) is 9.55. The van der Waals surface area contributed by atoms with Gasteiger partial charge < -0.3 is 15.0 Å². The lowest BCUT2D eigenvalue weighted by Crippen LogP contribution is -2.59. The van der Waals surface area contributed by atoms with Crippen LogP contribution < -0.4 is 5.32 Å². The van der Waals surface area contributed by atoms with Gasteiger partial charge in [-0.25, -0.2) is 0 Å². The van der Waals surface area contributed by atoms with E-state index in [1.54, 1.807) is 37.3 Å². The van der Waals surface area contributed by atoms with E-state index in [-0.39, 0.29) is 24.8 Å². The molecule has 0 aliphatic carbocycles. The summed E-state index contributed by atoms with van der Waals surface area (Å²) in [5, 5.41) is 2.57. The Bertz CT molecular complexity index is 492. The van der Waals surface area contributed by atoms with Crippen molar-refractivity contribution in [2.45, 2.75) is 18.9 Å². The average molecular weight is 277 g/mol. The fourth-order valence-electron chi connectivity index (χ4n) is 2.27. The van der Waals surface area contributed by atoms with Gasteiger partial charge in [0, 0.05) is 26.0 Å². The van der Waals surface area contributed by atoms with E-state index in [4.69, 9.17) is 4.74 Å². The molecule has 1 N–H and O–H groups in total. The quantitative estimate of drug-likeness (QED) is 0.843. The smallest absolute Gasteiger partial charge is 0.253 e. The summed E-state index contributed by atoms with van der Waals surface area (Å²) in [5.41, 5.74) is -0.108. The number of pyridine rings is 1. The van der Waals surface area contributed by atoms with Gasteiger partial charge in [0.1, 0.15) is 0 Å². The number of hydrogen-bond acceptors (Lipinski definition) is 4. The second-order valence-electron chi connectivity index (χ2n) is 5.01. The maximum Gasteiger partial charge on any atom is 0.253 e. The summed E-state index contributed by atoms with van der Waals surface area (Å²) in [6, 6.07) is 3.67. The Hall–Kier alpha value is -1.95. The van der Waals surface area contributed by atoms with Gasteiger partial charge in [0.25, 0.3) is 5.91 Å². The minimum atomic E-state index is -0.975. The van der Waals surface area contributed by atoms with Crippen LogP contribution in [0, 0.1) is 0 Å². The number of nitrogens with zero attached hydrogens (tertiary/aromatic N) is 2. The standard InChI is InChI=1S/C14H19N3O3/c1-14(13(19)15-2)10-17(6-7-20-14)12(18)8-11-4-3-5-16-9-11/h3-5,9H,6-8,10H2,1-2H3,(H,15,19). The number of rotatable bonds is 3. The van der Waals surface area contributed by atoms with Crippen LogP contribution in [0.15, 0.2) is 24.5 Å². The Morgan fingerprint density at radius 2 is 2.35 bits per heavy atom. The Labute approximate surface area is 118 Å². The van der Waals surface area contributed by atoms with E-state index in [9.17, 15) is 9.59 Å². The Morgan fingerprint density at radius 1 is 1.55 bits per heavy atom. The van der Waals surface area contributed by atoms with Crippen LogP contribution in [0.2, 0.25) is 0 Å². The molecule has 1 aromatic heterocycles. The molecule has 1 fully saturated rings. The van der Waals surface area contributed by atoms with E-state index >= 15 is 0 Å². The molecule has 6 heteroatoms. The number of carbonyl (C=O) groups is 2. The second-order valence-corrected chi connectivity index (χ2v) is 5.01. The first-order valence-electron chi connectivity index (χ1n) is 6.58. The highest BCUT2D eigenvalue weighted by molar-refractivity contribution is 5.86. The van der Waals surface area contributed by atoms with Gasteiger partial charge in [-0.15, -0.1) is 0 Å². The highest BCUT2D eigenvalue weighted by Gasteiger charge is 2.40. The summed E-state index contributed by atoms with van der Waals surface area (Å²) in [5.74, 6) is -0.229. The van der Waals surface area contributed by atoms with E-state index in [0.717, 1.165) is 5.56 Å². The molecule has 0 radical (unpaired) electrons. The predicted octanol–water partition coefficient (Wildman–Crippen LogP) is -0.0124. The lowest BCUT2D eigenvalue weighted by molar-refractivity contribution is -0.162. The van der Waals surface area contributed by atoms with Crippen LogP contribution in [-0.2, 0) is 20.7 Å². The van der Waals surface area contributed by atoms with Crippen molar-refractivity contribution in [3.05, 3.63) is 30.1 Å². The average Bonchev–Trinajstić information content (AvgIpc) is 2.47. The van der Waals surface area contributed by atoms with Crippen molar-refractivity contribution in [1.29, 1.82) is 0 Å². The van der Waals surface area contributed by atoms with Gasteiger partial charge in [-0.3, -0.25) is 14.6 Å². The van der Waals surface area contributed by atoms with E-state index in [1.807, 2.05) is 6.07 Å². The number of nitrogens with one attached hydrogen (secondary N) is 1. The largest absolute Gasteiger partial charge is 0.362 e. The third kappa shape index (κ3) is 3.14. The van der Waals surface area contributed by atoms with Gasteiger partial charge in [-0.1, -0.05) is 6.07 Å². The molecule has 108 valence electrons. The first-order valence-corrected chi connectivity index (χ1v) is 6.58. The van der Waals surface area contributed by atoms with Crippen LogP contribution in [0.5, 0.6) is 0 Å². The minimum Gasteiger partial charge on any atom is -0.362 e. The van der Waals surface area contributed by atoms with Gasteiger partial charge >= 0.3 is 0 Å². The molecule has 0 spiro atoms. The van der Waals surface area contributed by atoms with Crippen LogP contribution >= 0.6 is 0 Å². The van der Waals surface area contributed by atoms with Gasteiger partial charge in [0.05, 0.1) is 19.6 Å². The molecular formula is C14H19N3O3. The maximum atomic E-state index is 12.3. The van der Waals surface area contributed by atoms with Crippen molar-refractivity contribution in [2.24, 2.45) is 0 Å². The van der Waals surface area contributed by atoms with Crippen molar-refractivity contribution in [1.82, 2.24) is 15.2 Å². The number of carbonyl (C=O) groups excluding carboxylic acids is 2. The molecule has 2 amide bonds. The zero-order chi connectivity index (χ0) is 14.6. The zero-order valence-corrected chi connectivity index (χ0v) is 11.8. The number of amides is 2. The molecule has 1 aromatic rings. The monoisotopic (exact) mass is 277 g/mol. The molecule has 1 saturated heterocycles. The third-order valence-electron chi connectivity index (χ3n) is 3.41. The van der Waals surface area contributed by atoms with Gasteiger partial charge in [0.15, 0.2) is 5.60 Å². The SMILES string of the molecule is CNC(=O)C1(C)CN(C(=O)Cc2cccnc2)CCO1. The Morgan fingerprint density at radius 3 is 3.00 bits per heavy atom. The Balaban J connectivity index is 2.02. The second kappa shape index (κ2) is 6.00. The molecule has 20 heavy (non-hydrogen) atoms. The molecule has 6 nitrogen and oxygen atoms in total. The van der Waals surface area contributed by atoms with Crippen molar-refractivity contribution in [3.63, 3.8) is 0 Å². The summed E-state index contributed by atoms with van der Waals surface area (Å²) < 4.78 is 5.53. The van der Waals surface area contributed by atoms with Crippen LogP contribution in [0.3, 0.4) is 0 Å². The molecule has 0 aromatic carbocycles. The van der Waals surface area contributed by atoms with Gasteiger partial charge in [-0.2, -0.15) is 0 Å². The summed E-state index contributed by atoms with van der Waals surface area (Å²) in [4.78, 5) is 29.8. The van der Waals surface area contributed by atoms with Crippen molar-refractivity contribution < 1.29 is 14.3 Å². The number of ether oxygens (including phenoxy) is 1. The summed E-state index contributed by atoms with van der Waals surface area (Å²) in [6.07, 6.45) is 3.64. The van der Waals surface area contributed by atoms with Crippen molar-refractivity contribution >= 4 is 11.8 Å². The van der Waals surface area contributed by atoms with Crippen LogP contribution in [0.25, 0.3) is 0 Å². The molecule has 1 atom stereocenters. The predicted molar refractivity (Wildman–Crippen MR) is 72.9 cm³/mol. The fraction of sp³-hybridized carbons (Fsp3) is 0.500. The van der Waals surface area contributed by atoms with E-state index < -0.39 is 5.60 Å². The molecule has 2 heterocycles. The van der Waals surface area contributed by atoms with Crippen molar-refractivity contribution in [3.8, 4) is 0 Å². The van der Waals surface area contributed by atoms with Crippen LogP contribution in [0.4, 0.5) is 0 Å². The molecule has 0 bridgehead atoms. The number of likely N-dealkylation sites (N-methyl/N-ethyl adjacent to an activating group) is 1. The molecule has 0 saturated carbocycles. The summed E-state index contributed by atoms with van der Waals surface area (Å²) >= 11 is 0. The zero-order valence-electron chi connectivity index (χ0n) is 11.8. The normalized spacial score (nSPS) is 22.4. The van der Waals surface area contributed by atoms with E-state index in [0.29, 0.717) is 13.2 Å². The third-order valence-corrected chi connectivity index (χ3v) is 3.41. The Kier molecular flexibility index (Phi) is 4.34. The van der Waals surface area contributed by atoms with Gasteiger partial charge in [-0.05, 0) is 18.6 Å². The maximum absolute atomic E-state index is 12.3. The minimum absolute atomic E-state index is 0.0172. The molecule has 1 aliphatic heterocycles. The van der Waals surface area contributed by atoms with E-state index in [1.165, 1.54) is 0 Å². The molecule has 1 unspecified atom stereocenters. The fourth-order valence-corrected chi connectivity index (χ4v) is 2.27. The van der Waals surface area contributed by atoms with E-state index in [2.05, 4.69) is 10.3 Å². The summed E-state index contributed by atoms with van der Waals surface area (Å²) in [7, 11) is 1.56. The lowest BCUT2D eigenvalue weighted by atomic mass is 10.0. The number of hydrogen-bond donors (Lipinski definition) is 1. The summed E-state index contributed by atoms with van der Waals surface area (Å²) in [6.45, 7) is 2.84. The topological polar surface area (TPSA) is 71.5 Å². The highest BCUT2D eigenvalue weighted by Crippen LogP contribution is 2.18. The highest BCUT2D eigenvalue weighted by atomic mass is 16.5.